The van der Waals surface area contributed by atoms with Gasteiger partial charge in [-0.3, -0.25) is 0 Å². The Morgan fingerprint density at radius 1 is 1.25 bits per heavy atom. The van der Waals surface area contributed by atoms with Gasteiger partial charge in [0, 0.05) is 25.2 Å². The van der Waals surface area contributed by atoms with Gasteiger partial charge in [-0.25, -0.2) is 4.79 Å². The summed E-state index contributed by atoms with van der Waals surface area (Å²) in [5.74, 6) is 0. The highest BCUT2D eigenvalue weighted by molar-refractivity contribution is 5.68. The van der Waals surface area contributed by atoms with Gasteiger partial charge in [-0.2, -0.15) is 0 Å². The molecule has 0 atom stereocenters. The number of hydrogen-bond acceptors (Lipinski definition) is 3. The largest absolute Gasteiger partial charge is 0.444 e. The molecule has 20 heavy (non-hydrogen) atoms. The monoisotopic (exact) mass is 284 g/mol. The molecule has 0 heterocycles. The third-order valence-electron chi connectivity index (χ3n) is 3.64. The summed E-state index contributed by atoms with van der Waals surface area (Å²) in [7, 11) is 0. The Kier molecular flexibility index (Phi) is 6.80. The van der Waals surface area contributed by atoms with E-state index in [1.54, 1.807) is 4.90 Å². The van der Waals surface area contributed by atoms with E-state index in [4.69, 9.17) is 4.74 Å². The molecule has 4 nitrogen and oxygen atoms in total. The molecule has 118 valence electrons. The molecule has 1 fully saturated rings. The van der Waals surface area contributed by atoms with Crippen LogP contribution in [0.1, 0.15) is 66.7 Å². The van der Waals surface area contributed by atoms with Gasteiger partial charge in [0.05, 0.1) is 0 Å². The molecule has 0 saturated heterocycles. The predicted molar refractivity (Wildman–Crippen MR) is 83.0 cm³/mol. The number of rotatable bonds is 5. The van der Waals surface area contributed by atoms with Crippen LogP contribution in [0.4, 0.5) is 4.79 Å². The van der Waals surface area contributed by atoms with E-state index in [-0.39, 0.29) is 12.1 Å². The van der Waals surface area contributed by atoms with Crippen LogP contribution in [0, 0.1) is 0 Å². The van der Waals surface area contributed by atoms with E-state index >= 15 is 0 Å². The molecule has 1 saturated carbocycles. The minimum absolute atomic E-state index is 0.165. The van der Waals surface area contributed by atoms with Gasteiger partial charge >= 0.3 is 6.09 Å². The van der Waals surface area contributed by atoms with Crippen molar-refractivity contribution in [2.45, 2.75) is 84.4 Å². The molecule has 1 amide bonds. The summed E-state index contributed by atoms with van der Waals surface area (Å²) in [5.41, 5.74) is -0.430. The highest BCUT2D eigenvalue weighted by atomic mass is 16.6. The third-order valence-corrected chi connectivity index (χ3v) is 3.64. The van der Waals surface area contributed by atoms with Crippen LogP contribution >= 0.6 is 0 Å². The van der Waals surface area contributed by atoms with Crippen LogP contribution in [-0.4, -0.2) is 41.8 Å². The quantitative estimate of drug-likeness (QED) is 0.839. The Balaban J connectivity index is 2.36. The summed E-state index contributed by atoms with van der Waals surface area (Å²) in [5, 5.41) is 3.58. The smallest absolute Gasteiger partial charge is 0.410 e. The first-order valence-corrected chi connectivity index (χ1v) is 8.02. The molecule has 1 aliphatic carbocycles. The number of carbonyl (C=O) groups is 1. The fraction of sp³-hybridized carbons (Fsp3) is 0.938. The summed E-state index contributed by atoms with van der Waals surface area (Å²) in [6.07, 6.45) is 6.36. The zero-order valence-electron chi connectivity index (χ0n) is 13.9. The fourth-order valence-corrected chi connectivity index (χ4v) is 2.58. The fourth-order valence-electron chi connectivity index (χ4n) is 2.58. The van der Waals surface area contributed by atoms with Crippen molar-refractivity contribution in [3.63, 3.8) is 0 Å². The molecule has 0 radical (unpaired) electrons. The lowest BCUT2D eigenvalue weighted by atomic mass is 9.95. The van der Waals surface area contributed by atoms with Crippen LogP contribution in [0.15, 0.2) is 0 Å². The van der Waals surface area contributed by atoms with Crippen molar-refractivity contribution < 1.29 is 9.53 Å². The Labute approximate surface area is 124 Å². The second-order valence-electron chi connectivity index (χ2n) is 7.06. The molecule has 0 aromatic heterocycles. The van der Waals surface area contributed by atoms with Crippen LogP contribution in [0.5, 0.6) is 0 Å². The molecule has 0 spiro atoms. The SMILES string of the molecule is CC(C)N(CCNC1CCCCC1)C(=O)OC(C)(C)C. The molecule has 0 aliphatic heterocycles. The first-order valence-electron chi connectivity index (χ1n) is 8.02. The molecule has 0 unspecified atom stereocenters. The predicted octanol–water partition coefficient (Wildman–Crippen LogP) is 3.55. The van der Waals surface area contributed by atoms with Crippen LogP contribution in [0.25, 0.3) is 0 Å². The van der Waals surface area contributed by atoms with E-state index < -0.39 is 5.60 Å². The van der Waals surface area contributed by atoms with Crippen molar-refractivity contribution in [1.82, 2.24) is 10.2 Å². The topological polar surface area (TPSA) is 41.6 Å². The standard InChI is InChI=1S/C16H32N2O2/c1-13(2)18(15(19)20-16(3,4)5)12-11-17-14-9-7-6-8-10-14/h13-14,17H,6-12H2,1-5H3. The summed E-state index contributed by atoms with van der Waals surface area (Å²) in [4.78, 5) is 14.0. The van der Waals surface area contributed by atoms with Crippen molar-refractivity contribution >= 4 is 6.09 Å². The average Bonchev–Trinajstić information content (AvgIpc) is 2.33. The zero-order valence-corrected chi connectivity index (χ0v) is 13.9. The second-order valence-corrected chi connectivity index (χ2v) is 7.06. The van der Waals surface area contributed by atoms with Gasteiger partial charge in [0.25, 0.3) is 0 Å². The van der Waals surface area contributed by atoms with Crippen LogP contribution < -0.4 is 5.32 Å². The maximum Gasteiger partial charge on any atom is 0.410 e. The summed E-state index contributed by atoms with van der Waals surface area (Å²) < 4.78 is 5.46. The van der Waals surface area contributed by atoms with Crippen molar-refractivity contribution in [2.75, 3.05) is 13.1 Å². The average molecular weight is 284 g/mol. The summed E-state index contributed by atoms with van der Waals surface area (Å²) in [6.45, 7) is 11.3. The Morgan fingerprint density at radius 3 is 2.35 bits per heavy atom. The number of nitrogens with one attached hydrogen (secondary N) is 1. The van der Waals surface area contributed by atoms with E-state index in [2.05, 4.69) is 5.32 Å². The van der Waals surface area contributed by atoms with Gasteiger partial charge < -0.3 is 15.0 Å². The minimum Gasteiger partial charge on any atom is -0.444 e. The maximum absolute atomic E-state index is 12.2. The number of nitrogens with zero attached hydrogens (tertiary/aromatic N) is 1. The maximum atomic E-state index is 12.2. The van der Waals surface area contributed by atoms with Crippen molar-refractivity contribution in [2.24, 2.45) is 0 Å². The first-order chi connectivity index (χ1) is 9.29. The molecule has 1 aliphatic rings. The van der Waals surface area contributed by atoms with Crippen molar-refractivity contribution in [3.05, 3.63) is 0 Å². The zero-order chi connectivity index (χ0) is 15.2. The molecule has 0 aromatic rings. The molecule has 4 heteroatoms. The number of carbonyl (C=O) groups excluding carboxylic acids is 1. The van der Waals surface area contributed by atoms with E-state index in [0.29, 0.717) is 12.6 Å². The Morgan fingerprint density at radius 2 is 1.85 bits per heavy atom. The van der Waals surface area contributed by atoms with Gasteiger partial charge in [-0.1, -0.05) is 19.3 Å². The van der Waals surface area contributed by atoms with Gasteiger partial charge in [0.15, 0.2) is 0 Å². The molecular weight excluding hydrogens is 252 g/mol. The van der Waals surface area contributed by atoms with E-state index in [1.807, 2.05) is 34.6 Å². The van der Waals surface area contributed by atoms with Gasteiger partial charge in [0.2, 0.25) is 0 Å². The molecule has 0 bridgehead atoms. The van der Waals surface area contributed by atoms with Gasteiger partial charge in [0.1, 0.15) is 5.60 Å². The van der Waals surface area contributed by atoms with Crippen LogP contribution in [0.2, 0.25) is 0 Å². The normalized spacial score (nSPS) is 17.3. The molecule has 0 aromatic carbocycles. The van der Waals surface area contributed by atoms with Crippen LogP contribution in [0.3, 0.4) is 0 Å². The number of hydrogen-bond donors (Lipinski definition) is 1. The highest BCUT2D eigenvalue weighted by Gasteiger charge is 2.24. The first kappa shape index (κ1) is 17.3. The second kappa shape index (κ2) is 7.87. The van der Waals surface area contributed by atoms with Gasteiger partial charge in [-0.15, -0.1) is 0 Å². The summed E-state index contributed by atoms with van der Waals surface area (Å²) in [6, 6.07) is 0.800. The lowest BCUT2D eigenvalue weighted by molar-refractivity contribution is 0.0191. The van der Waals surface area contributed by atoms with E-state index in [0.717, 1.165) is 6.54 Å². The molecule has 1 N–H and O–H groups in total. The third kappa shape index (κ3) is 6.60. The molecule has 1 rings (SSSR count). The van der Waals surface area contributed by atoms with Crippen molar-refractivity contribution in [3.8, 4) is 0 Å². The van der Waals surface area contributed by atoms with E-state index in [9.17, 15) is 4.79 Å². The molecular formula is C16H32N2O2. The lowest BCUT2D eigenvalue weighted by Crippen LogP contribution is -2.45. The lowest BCUT2D eigenvalue weighted by Gasteiger charge is -2.31. The van der Waals surface area contributed by atoms with Crippen molar-refractivity contribution in [1.29, 1.82) is 0 Å². The van der Waals surface area contributed by atoms with E-state index in [1.165, 1.54) is 32.1 Å². The Bertz CT molecular complexity index is 291. The number of ether oxygens (including phenoxy) is 1. The van der Waals surface area contributed by atoms with Gasteiger partial charge in [-0.05, 0) is 47.5 Å². The summed E-state index contributed by atoms with van der Waals surface area (Å²) >= 11 is 0. The van der Waals surface area contributed by atoms with Crippen LogP contribution in [-0.2, 0) is 4.74 Å². The minimum atomic E-state index is -0.430. The highest BCUT2D eigenvalue weighted by Crippen LogP contribution is 2.17. The number of amides is 1. The Hall–Kier alpha value is -0.770.